The van der Waals surface area contributed by atoms with Crippen LogP contribution in [-0.4, -0.2) is 76.9 Å². The van der Waals surface area contributed by atoms with Gasteiger partial charge in [0.15, 0.2) is 0 Å². The molecule has 120 valence electrons. The van der Waals surface area contributed by atoms with Crippen LogP contribution in [0.15, 0.2) is 10.7 Å². The molecule has 22 heavy (non-hydrogen) atoms. The largest absolute Gasteiger partial charge is 0.480 e. The first-order valence-corrected chi connectivity index (χ1v) is 7.19. The summed E-state index contributed by atoms with van der Waals surface area (Å²) >= 11 is 0. The van der Waals surface area contributed by atoms with Crippen molar-refractivity contribution in [2.75, 3.05) is 33.3 Å². The van der Waals surface area contributed by atoms with E-state index in [9.17, 15) is 14.7 Å². The Morgan fingerprint density at radius 3 is 2.77 bits per heavy atom. The number of aromatic nitrogens is 1. The number of hydrogen-bond acceptors (Lipinski definition) is 6. The van der Waals surface area contributed by atoms with Gasteiger partial charge in [0.25, 0.3) is 5.91 Å². The molecule has 1 aromatic heterocycles. The van der Waals surface area contributed by atoms with Crippen molar-refractivity contribution in [2.24, 2.45) is 0 Å². The van der Waals surface area contributed by atoms with Gasteiger partial charge in [-0.05, 0) is 20.4 Å². The normalized spacial score (nSPS) is 24.8. The summed E-state index contributed by atoms with van der Waals surface area (Å²) in [7, 11) is 1.78. The zero-order valence-electron chi connectivity index (χ0n) is 12.6. The van der Waals surface area contributed by atoms with E-state index in [2.05, 4.69) is 5.16 Å². The molecule has 0 aliphatic carbocycles. The van der Waals surface area contributed by atoms with E-state index in [4.69, 9.17) is 9.26 Å². The van der Waals surface area contributed by atoms with E-state index in [0.29, 0.717) is 37.4 Å². The van der Waals surface area contributed by atoms with E-state index in [0.717, 1.165) is 0 Å². The zero-order chi connectivity index (χ0) is 15.9. The summed E-state index contributed by atoms with van der Waals surface area (Å²) in [6.07, 6.45) is 2.13. The standard InChI is InChI=1S/C14H19N3O5/c1-9-10(5-15-22-9)12(18)17-7-14(8-17)3-4-16(2)11(6-21-14)13(19)20/h5,11H,3-4,6-8H2,1-2H3,(H,19,20). The van der Waals surface area contributed by atoms with Crippen molar-refractivity contribution in [1.29, 1.82) is 0 Å². The summed E-state index contributed by atoms with van der Waals surface area (Å²) in [6, 6.07) is -0.635. The fourth-order valence-electron chi connectivity index (χ4n) is 2.97. The summed E-state index contributed by atoms with van der Waals surface area (Å²) in [4.78, 5) is 27.0. The van der Waals surface area contributed by atoms with Crippen molar-refractivity contribution in [3.05, 3.63) is 17.5 Å². The Bertz CT molecular complexity index is 593. The molecule has 0 aromatic carbocycles. The van der Waals surface area contributed by atoms with Gasteiger partial charge in [-0.15, -0.1) is 0 Å². The third kappa shape index (κ3) is 2.48. The lowest BCUT2D eigenvalue weighted by molar-refractivity contribution is -0.152. The van der Waals surface area contributed by atoms with Crippen LogP contribution in [0.5, 0.6) is 0 Å². The maximum absolute atomic E-state index is 12.3. The van der Waals surface area contributed by atoms with Crippen LogP contribution < -0.4 is 0 Å². The van der Waals surface area contributed by atoms with E-state index < -0.39 is 17.6 Å². The minimum Gasteiger partial charge on any atom is -0.480 e. The topological polar surface area (TPSA) is 96.1 Å². The van der Waals surface area contributed by atoms with Crippen LogP contribution in [0.2, 0.25) is 0 Å². The van der Waals surface area contributed by atoms with Gasteiger partial charge in [-0.1, -0.05) is 5.16 Å². The first-order valence-electron chi connectivity index (χ1n) is 7.19. The number of aryl methyl sites for hydroxylation is 1. The quantitative estimate of drug-likeness (QED) is 0.820. The Hall–Kier alpha value is -1.93. The summed E-state index contributed by atoms with van der Waals surface area (Å²) in [5.41, 5.74) is 0.0307. The molecule has 1 aromatic rings. The number of likely N-dealkylation sites (tertiary alicyclic amines) is 1. The van der Waals surface area contributed by atoms with Crippen LogP contribution in [0, 0.1) is 6.92 Å². The van der Waals surface area contributed by atoms with Crippen LogP contribution in [-0.2, 0) is 9.53 Å². The van der Waals surface area contributed by atoms with Gasteiger partial charge >= 0.3 is 5.97 Å². The summed E-state index contributed by atoms with van der Waals surface area (Å²) in [5.74, 6) is -0.509. The molecular weight excluding hydrogens is 290 g/mol. The molecule has 8 heteroatoms. The molecule has 0 saturated carbocycles. The molecule has 1 amide bonds. The molecule has 2 aliphatic heterocycles. The fraction of sp³-hybridized carbons (Fsp3) is 0.643. The van der Waals surface area contributed by atoms with Crippen molar-refractivity contribution in [3.63, 3.8) is 0 Å². The highest BCUT2D eigenvalue weighted by Crippen LogP contribution is 2.33. The number of carboxylic acid groups (broad SMARTS) is 1. The molecule has 2 fully saturated rings. The molecule has 3 heterocycles. The highest BCUT2D eigenvalue weighted by atomic mass is 16.5. The van der Waals surface area contributed by atoms with Gasteiger partial charge in [-0.3, -0.25) is 14.5 Å². The van der Waals surface area contributed by atoms with Gasteiger partial charge in [0.1, 0.15) is 23.0 Å². The predicted octanol–water partition coefficient (Wildman–Crippen LogP) is -0.0171. The van der Waals surface area contributed by atoms with Crippen molar-refractivity contribution < 1.29 is 24.0 Å². The number of aliphatic carboxylic acids is 1. The number of amides is 1. The number of carbonyl (C=O) groups is 2. The summed E-state index contributed by atoms with van der Waals surface area (Å²) in [6.45, 7) is 3.41. The molecule has 2 saturated heterocycles. The second-order valence-corrected chi connectivity index (χ2v) is 6.04. The van der Waals surface area contributed by atoms with E-state index in [1.165, 1.54) is 6.20 Å². The highest BCUT2D eigenvalue weighted by Gasteiger charge is 2.49. The predicted molar refractivity (Wildman–Crippen MR) is 74.5 cm³/mol. The molecule has 1 spiro atoms. The molecule has 1 N–H and O–H groups in total. The third-order valence-corrected chi connectivity index (χ3v) is 4.51. The molecule has 1 atom stereocenters. The minimum atomic E-state index is -0.882. The van der Waals surface area contributed by atoms with Crippen LogP contribution in [0.25, 0.3) is 0 Å². The third-order valence-electron chi connectivity index (χ3n) is 4.51. The lowest BCUT2D eigenvalue weighted by Gasteiger charge is -2.49. The Labute approximate surface area is 127 Å². The van der Waals surface area contributed by atoms with E-state index in [1.54, 1.807) is 23.8 Å². The zero-order valence-corrected chi connectivity index (χ0v) is 12.6. The van der Waals surface area contributed by atoms with Crippen molar-refractivity contribution in [1.82, 2.24) is 15.0 Å². The van der Waals surface area contributed by atoms with Crippen LogP contribution >= 0.6 is 0 Å². The average Bonchev–Trinajstić information content (AvgIpc) is 2.76. The maximum atomic E-state index is 12.3. The molecule has 2 aliphatic rings. The second-order valence-electron chi connectivity index (χ2n) is 6.04. The van der Waals surface area contributed by atoms with Crippen molar-refractivity contribution in [3.8, 4) is 0 Å². The Balaban J connectivity index is 1.63. The molecule has 8 nitrogen and oxygen atoms in total. The van der Waals surface area contributed by atoms with Gasteiger partial charge in [-0.2, -0.15) is 0 Å². The fourth-order valence-corrected chi connectivity index (χ4v) is 2.97. The molecule has 3 rings (SSSR count). The first-order chi connectivity index (χ1) is 10.4. The monoisotopic (exact) mass is 309 g/mol. The summed E-state index contributed by atoms with van der Waals surface area (Å²) < 4.78 is 10.8. The Kier molecular flexibility index (Phi) is 3.65. The van der Waals surface area contributed by atoms with Crippen molar-refractivity contribution in [2.45, 2.75) is 25.0 Å². The van der Waals surface area contributed by atoms with Crippen LogP contribution in [0.3, 0.4) is 0 Å². The number of rotatable bonds is 2. The van der Waals surface area contributed by atoms with E-state index in [1.807, 2.05) is 0 Å². The Morgan fingerprint density at radius 1 is 1.45 bits per heavy atom. The second kappa shape index (κ2) is 5.36. The molecule has 0 radical (unpaired) electrons. The van der Waals surface area contributed by atoms with E-state index >= 15 is 0 Å². The van der Waals surface area contributed by atoms with Gasteiger partial charge in [0.05, 0.1) is 25.9 Å². The lowest BCUT2D eigenvalue weighted by Crippen LogP contribution is -2.65. The van der Waals surface area contributed by atoms with Gasteiger partial charge in [0.2, 0.25) is 0 Å². The maximum Gasteiger partial charge on any atom is 0.323 e. The molecule has 1 unspecified atom stereocenters. The van der Waals surface area contributed by atoms with E-state index in [-0.39, 0.29) is 12.5 Å². The SMILES string of the molecule is Cc1oncc1C(=O)N1CC2(CCN(C)C(C(=O)O)CO2)C1. The number of nitrogens with zero attached hydrogens (tertiary/aromatic N) is 3. The molecular formula is C14H19N3O5. The number of carbonyl (C=O) groups excluding carboxylic acids is 1. The first kappa shape index (κ1) is 15.0. The number of hydrogen-bond donors (Lipinski definition) is 1. The summed E-state index contributed by atoms with van der Waals surface area (Å²) in [5, 5.41) is 12.8. The van der Waals surface area contributed by atoms with Crippen LogP contribution in [0.1, 0.15) is 22.5 Å². The van der Waals surface area contributed by atoms with Gasteiger partial charge in [0, 0.05) is 6.54 Å². The Morgan fingerprint density at radius 2 is 2.18 bits per heavy atom. The smallest absolute Gasteiger partial charge is 0.323 e. The van der Waals surface area contributed by atoms with Gasteiger partial charge in [-0.25, -0.2) is 0 Å². The average molecular weight is 309 g/mol. The highest BCUT2D eigenvalue weighted by molar-refractivity contribution is 5.95. The lowest BCUT2D eigenvalue weighted by atomic mass is 9.89. The minimum absolute atomic E-state index is 0.125. The van der Waals surface area contributed by atoms with Crippen molar-refractivity contribution >= 4 is 11.9 Å². The molecule has 0 bridgehead atoms. The number of likely N-dealkylation sites (N-methyl/N-ethyl adjacent to an activating group) is 1. The number of ether oxygens (including phenoxy) is 1. The number of carboxylic acids is 1. The van der Waals surface area contributed by atoms with Crippen LogP contribution in [0.4, 0.5) is 0 Å². The van der Waals surface area contributed by atoms with Gasteiger partial charge < -0.3 is 19.3 Å².